The molecule has 2 heterocycles. The summed E-state index contributed by atoms with van der Waals surface area (Å²) in [6.07, 6.45) is -4.65. The van der Waals surface area contributed by atoms with Crippen molar-refractivity contribution in [3.05, 3.63) is 81.5 Å². The molecule has 10 heteroatoms. The molecule has 1 aliphatic rings. The van der Waals surface area contributed by atoms with Crippen molar-refractivity contribution in [2.45, 2.75) is 25.7 Å². The highest BCUT2D eigenvalue weighted by Gasteiger charge is 2.42. The molecule has 2 atom stereocenters. The normalized spacial score (nSPS) is 18.1. The van der Waals surface area contributed by atoms with Crippen LogP contribution in [0.3, 0.4) is 0 Å². The van der Waals surface area contributed by atoms with Crippen molar-refractivity contribution in [1.82, 2.24) is 15.1 Å². The van der Waals surface area contributed by atoms with E-state index < -0.39 is 23.8 Å². The van der Waals surface area contributed by atoms with Gasteiger partial charge in [0.1, 0.15) is 5.92 Å². The summed E-state index contributed by atoms with van der Waals surface area (Å²) in [6, 6.07) is 13.9. The molecule has 0 fully saturated rings. The van der Waals surface area contributed by atoms with E-state index in [0.29, 0.717) is 16.3 Å². The maximum atomic E-state index is 13.3. The topological polar surface area (TPSA) is 59.3 Å². The van der Waals surface area contributed by atoms with Crippen molar-refractivity contribution in [3.63, 3.8) is 0 Å². The molecule has 0 saturated carbocycles. The van der Waals surface area contributed by atoms with Gasteiger partial charge in [-0.05, 0) is 30.2 Å². The van der Waals surface area contributed by atoms with Crippen molar-refractivity contribution in [2.24, 2.45) is 10.9 Å². The molecule has 1 aliphatic heterocycles. The highest BCUT2D eigenvalue weighted by molar-refractivity contribution is 6.42. The van der Waals surface area contributed by atoms with Gasteiger partial charge in [-0.3, -0.25) is 4.79 Å². The SMILES string of the molecule is CC1=Nc2cc(C(F)(F)F)nn2C(c2ccc(Cl)c(Cl)c2)C1C(=O)NCc1ccccc1. The summed E-state index contributed by atoms with van der Waals surface area (Å²) < 4.78 is 41.1. The second-order valence-corrected chi connectivity index (χ2v) is 8.20. The summed E-state index contributed by atoms with van der Waals surface area (Å²) in [6.45, 7) is 1.87. The van der Waals surface area contributed by atoms with Crippen LogP contribution in [0.15, 0.2) is 59.6 Å². The van der Waals surface area contributed by atoms with E-state index in [2.05, 4.69) is 15.4 Å². The number of rotatable bonds is 4. The molecule has 1 N–H and O–H groups in total. The quantitative estimate of drug-likeness (QED) is 0.510. The van der Waals surface area contributed by atoms with Crippen LogP contribution in [0.1, 0.15) is 29.8 Å². The van der Waals surface area contributed by atoms with Crippen molar-refractivity contribution in [3.8, 4) is 0 Å². The van der Waals surface area contributed by atoms with Crippen molar-refractivity contribution in [1.29, 1.82) is 0 Å². The first-order valence-corrected chi connectivity index (χ1v) is 10.4. The number of aromatic nitrogens is 2. The Balaban J connectivity index is 1.76. The molecule has 32 heavy (non-hydrogen) atoms. The molecule has 3 aromatic rings. The predicted molar refractivity (Wildman–Crippen MR) is 116 cm³/mol. The maximum absolute atomic E-state index is 13.3. The van der Waals surface area contributed by atoms with Crippen LogP contribution in [-0.2, 0) is 17.5 Å². The fourth-order valence-electron chi connectivity index (χ4n) is 3.69. The molecule has 0 spiro atoms. The van der Waals surface area contributed by atoms with E-state index in [1.807, 2.05) is 30.3 Å². The standard InChI is InChI=1S/C22H17Cl2F3N4O/c1-12-19(21(32)28-11-13-5-3-2-4-6-13)20(14-7-8-15(23)16(24)9-14)31-18(29-12)10-17(30-31)22(25,26)27/h2-10,19-20H,11H2,1H3,(H,28,32). The van der Waals surface area contributed by atoms with Gasteiger partial charge in [0.05, 0.1) is 16.1 Å². The smallest absolute Gasteiger partial charge is 0.351 e. The number of hydrogen-bond donors (Lipinski definition) is 1. The Bertz CT molecular complexity index is 1190. The number of fused-ring (bicyclic) bond motifs is 1. The number of amides is 1. The molecule has 0 radical (unpaired) electrons. The number of nitrogens with one attached hydrogen (secondary N) is 1. The van der Waals surface area contributed by atoms with Crippen LogP contribution in [0.5, 0.6) is 0 Å². The van der Waals surface area contributed by atoms with Crippen LogP contribution in [0, 0.1) is 5.92 Å². The Morgan fingerprint density at radius 2 is 1.81 bits per heavy atom. The third-order valence-electron chi connectivity index (χ3n) is 5.20. The Hall–Kier alpha value is -2.84. The Kier molecular flexibility index (Phi) is 6.01. The second-order valence-electron chi connectivity index (χ2n) is 7.38. The van der Waals surface area contributed by atoms with Crippen LogP contribution in [0.2, 0.25) is 10.0 Å². The maximum Gasteiger partial charge on any atom is 0.435 e. The molecule has 1 amide bonds. The molecule has 1 aromatic heterocycles. The average molecular weight is 481 g/mol. The fraction of sp³-hybridized carbons (Fsp3) is 0.227. The number of nitrogens with zero attached hydrogens (tertiary/aromatic N) is 3. The molecular weight excluding hydrogens is 464 g/mol. The minimum Gasteiger partial charge on any atom is -0.351 e. The average Bonchev–Trinajstić information content (AvgIpc) is 3.18. The number of hydrogen-bond acceptors (Lipinski definition) is 3. The number of aliphatic imine (C=N–C) groups is 1. The van der Waals surface area contributed by atoms with E-state index in [1.165, 1.54) is 12.1 Å². The Morgan fingerprint density at radius 3 is 2.47 bits per heavy atom. The van der Waals surface area contributed by atoms with Gasteiger partial charge in [-0.25, -0.2) is 9.67 Å². The van der Waals surface area contributed by atoms with E-state index in [9.17, 15) is 18.0 Å². The van der Waals surface area contributed by atoms with E-state index in [1.54, 1.807) is 13.0 Å². The zero-order valence-corrected chi connectivity index (χ0v) is 18.2. The second kappa shape index (κ2) is 8.60. The van der Waals surface area contributed by atoms with E-state index in [4.69, 9.17) is 23.2 Å². The van der Waals surface area contributed by atoms with Gasteiger partial charge in [0.25, 0.3) is 0 Å². The predicted octanol–water partition coefficient (Wildman–Crippen LogP) is 5.84. The zero-order valence-electron chi connectivity index (χ0n) is 16.7. The van der Waals surface area contributed by atoms with E-state index >= 15 is 0 Å². The third kappa shape index (κ3) is 4.38. The van der Waals surface area contributed by atoms with E-state index in [0.717, 1.165) is 16.3 Å². The van der Waals surface area contributed by atoms with E-state index in [-0.39, 0.29) is 23.3 Å². The first-order valence-electron chi connectivity index (χ1n) is 9.63. The molecular formula is C22H17Cl2F3N4O. The molecule has 166 valence electrons. The number of alkyl halides is 3. The number of halogens is 5. The highest BCUT2D eigenvalue weighted by Crippen LogP contribution is 2.41. The molecule has 4 rings (SSSR count). The van der Waals surface area contributed by atoms with Gasteiger partial charge in [-0.15, -0.1) is 0 Å². The van der Waals surface area contributed by atoms with Gasteiger partial charge in [-0.2, -0.15) is 18.3 Å². The number of carbonyl (C=O) groups is 1. The van der Waals surface area contributed by atoms with Crippen LogP contribution < -0.4 is 5.32 Å². The molecule has 0 bridgehead atoms. The zero-order chi connectivity index (χ0) is 23.0. The van der Waals surface area contributed by atoms with Gasteiger partial charge in [0, 0.05) is 18.3 Å². The number of benzene rings is 2. The molecule has 5 nitrogen and oxygen atoms in total. The highest BCUT2D eigenvalue weighted by atomic mass is 35.5. The minimum absolute atomic E-state index is 0.0120. The molecule has 0 saturated heterocycles. The lowest BCUT2D eigenvalue weighted by molar-refractivity contribution is -0.141. The van der Waals surface area contributed by atoms with Crippen molar-refractivity contribution in [2.75, 3.05) is 0 Å². The van der Waals surface area contributed by atoms with Gasteiger partial charge in [0.2, 0.25) is 5.91 Å². The first-order chi connectivity index (χ1) is 15.1. The van der Waals surface area contributed by atoms with Gasteiger partial charge in [0.15, 0.2) is 11.5 Å². The lowest BCUT2D eigenvalue weighted by Gasteiger charge is -2.31. The summed E-state index contributed by atoms with van der Waals surface area (Å²) in [4.78, 5) is 17.5. The largest absolute Gasteiger partial charge is 0.435 e. The fourth-order valence-corrected chi connectivity index (χ4v) is 4.00. The van der Waals surface area contributed by atoms with Crippen LogP contribution in [0.25, 0.3) is 0 Å². The van der Waals surface area contributed by atoms with Crippen LogP contribution in [-0.4, -0.2) is 21.4 Å². The third-order valence-corrected chi connectivity index (χ3v) is 5.94. The lowest BCUT2D eigenvalue weighted by atomic mass is 9.87. The Morgan fingerprint density at radius 1 is 1.09 bits per heavy atom. The summed E-state index contributed by atoms with van der Waals surface area (Å²) in [5.41, 5.74) is 0.662. The minimum atomic E-state index is -4.65. The van der Waals surface area contributed by atoms with Crippen molar-refractivity contribution >= 4 is 40.6 Å². The summed E-state index contributed by atoms with van der Waals surface area (Å²) in [5.74, 6) is -1.27. The molecule has 2 unspecified atom stereocenters. The Labute approximate surface area is 191 Å². The summed E-state index contributed by atoms with van der Waals surface area (Å²) in [7, 11) is 0. The molecule has 2 aromatic carbocycles. The first kappa shape index (κ1) is 22.4. The van der Waals surface area contributed by atoms with Crippen LogP contribution in [0.4, 0.5) is 19.0 Å². The van der Waals surface area contributed by atoms with Gasteiger partial charge in [-0.1, -0.05) is 59.6 Å². The lowest BCUT2D eigenvalue weighted by Crippen LogP contribution is -2.42. The number of carbonyl (C=O) groups excluding carboxylic acids is 1. The summed E-state index contributed by atoms with van der Waals surface area (Å²) in [5, 5.41) is 7.11. The monoisotopic (exact) mass is 480 g/mol. The van der Waals surface area contributed by atoms with Gasteiger partial charge >= 0.3 is 6.18 Å². The van der Waals surface area contributed by atoms with Crippen LogP contribution >= 0.6 is 23.2 Å². The molecule has 0 aliphatic carbocycles. The van der Waals surface area contributed by atoms with Crippen molar-refractivity contribution < 1.29 is 18.0 Å². The van der Waals surface area contributed by atoms with Gasteiger partial charge < -0.3 is 5.32 Å². The summed E-state index contributed by atoms with van der Waals surface area (Å²) >= 11 is 12.2.